The van der Waals surface area contributed by atoms with Crippen molar-refractivity contribution in [3.63, 3.8) is 0 Å². The maximum Gasteiger partial charge on any atom is 0.227 e. The Hall–Kier alpha value is -1.20. The highest BCUT2D eigenvalue weighted by molar-refractivity contribution is 9.10. The monoisotopic (exact) mass is 309 g/mol. The molecule has 0 aliphatic carbocycles. The van der Waals surface area contributed by atoms with Gasteiger partial charge in [-0.2, -0.15) is 4.98 Å². The molecule has 0 unspecified atom stereocenters. The Morgan fingerprint density at radius 1 is 1.33 bits per heavy atom. The molecule has 0 aliphatic rings. The van der Waals surface area contributed by atoms with Gasteiger partial charge in [0.15, 0.2) is 5.82 Å². The molecule has 1 N–H and O–H groups in total. The van der Waals surface area contributed by atoms with Gasteiger partial charge >= 0.3 is 0 Å². The van der Waals surface area contributed by atoms with Gasteiger partial charge in [-0.25, -0.2) is 0 Å². The van der Waals surface area contributed by atoms with E-state index in [0.717, 1.165) is 24.0 Å². The molecule has 0 bridgehead atoms. The van der Waals surface area contributed by atoms with E-state index in [1.54, 1.807) is 0 Å². The zero-order valence-corrected chi connectivity index (χ0v) is 12.1. The SMILES string of the molecule is Cc1noc(CCNCc2ccc(Br)c(C)c2)n1. The van der Waals surface area contributed by atoms with Gasteiger partial charge in [-0.1, -0.05) is 33.2 Å². The van der Waals surface area contributed by atoms with Crippen LogP contribution in [0.2, 0.25) is 0 Å². The standard InChI is InChI=1S/C13H16BrN3O/c1-9-7-11(3-4-12(9)14)8-15-6-5-13-16-10(2)17-18-13/h3-4,7,15H,5-6,8H2,1-2H3. The van der Waals surface area contributed by atoms with E-state index in [-0.39, 0.29) is 0 Å². The lowest BCUT2D eigenvalue weighted by Gasteiger charge is -2.05. The highest BCUT2D eigenvalue weighted by atomic mass is 79.9. The highest BCUT2D eigenvalue weighted by Crippen LogP contribution is 2.16. The number of nitrogens with zero attached hydrogens (tertiary/aromatic N) is 2. The van der Waals surface area contributed by atoms with Crippen molar-refractivity contribution in [2.75, 3.05) is 6.54 Å². The van der Waals surface area contributed by atoms with Crippen molar-refractivity contribution in [3.05, 3.63) is 45.5 Å². The molecule has 2 aromatic rings. The van der Waals surface area contributed by atoms with Gasteiger partial charge in [-0.15, -0.1) is 0 Å². The maximum atomic E-state index is 5.04. The van der Waals surface area contributed by atoms with Crippen LogP contribution in [0.5, 0.6) is 0 Å². The summed E-state index contributed by atoms with van der Waals surface area (Å²) >= 11 is 3.50. The van der Waals surface area contributed by atoms with Gasteiger partial charge in [0, 0.05) is 24.0 Å². The van der Waals surface area contributed by atoms with Crippen LogP contribution in [-0.4, -0.2) is 16.7 Å². The minimum atomic E-state index is 0.687. The van der Waals surface area contributed by atoms with Crippen LogP contribution in [0.1, 0.15) is 22.8 Å². The molecule has 1 aromatic heterocycles. The number of rotatable bonds is 5. The molecular weight excluding hydrogens is 294 g/mol. The Morgan fingerprint density at radius 2 is 2.17 bits per heavy atom. The van der Waals surface area contributed by atoms with E-state index in [4.69, 9.17) is 4.52 Å². The lowest BCUT2D eigenvalue weighted by Crippen LogP contribution is -2.16. The van der Waals surface area contributed by atoms with Crippen LogP contribution in [0.4, 0.5) is 0 Å². The fourth-order valence-electron chi connectivity index (χ4n) is 1.69. The molecule has 0 aliphatic heterocycles. The van der Waals surface area contributed by atoms with Crippen LogP contribution in [-0.2, 0) is 13.0 Å². The molecular formula is C13H16BrN3O. The fraction of sp³-hybridized carbons (Fsp3) is 0.385. The minimum absolute atomic E-state index is 0.687. The summed E-state index contributed by atoms with van der Waals surface area (Å²) in [5.41, 5.74) is 2.53. The smallest absolute Gasteiger partial charge is 0.227 e. The molecule has 0 fully saturated rings. The fourth-order valence-corrected chi connectivity index (χ4v) is 1.93. The number of nitrogens with one attached hydrogen (secondary N) is 1. The summed E-state index contributed by atoms with van der Waals surface area (Å²) in [6.45, 7) is 5.60. The van der Waals surface area contributed by atoms with Crippen LogP contribution in [0.3, 0.4) is 0 Å². The zero-order valence-electron chi connectivity index (χ0n) is 10.5. The second-order valence-electron chi connectivity index (χ2n) is 4.25. The molecule has 0 saturated heterocycles. The second kappa shape index (κ2) is 6.11. The highest BCUT2D eigenvalue weighted by Gasteiger charge is 2.02. The number of aromatic nitrogens is 2. The van der Waals surface area contributed by atoms with Crippen LogP contribution < -0.4 is 5.32 Å². The van der Waals surface area contributed by atoms with Crippen molar-refractivity contribution < 1.29 is 4.52 Å². The number of benzene rings is 1. The average molecular weight is 310 g/mol. The van der Waals surface area contributed by atoms with E-state index in [1.807, 2.05) is 6.92 Å². The Balaban J connectivity index is 1.76. The first-order valence-electron chi connectivity index (χ1n) is 5.90. The second-order valence-corrected chi connectivity index (χ2v) is 5.10. The summed E-state index contributed by atoms with van der Waals surface area (Å²) in [4.78, 5) is 4.16. The topological polar surface area (TPSA) is 51.0 Å². The van der Waals surface area contributed by atoms with E-state index in [0.29, 0.717) is 11.7 Å². The Morgan fingerprint density at radius 3 is 2.83 bits per heavy atom. The molecule has 1 heterocycles. The summed E-state index contributed by atoms with van der Waals surface area (Å²) in [5, 5.41) is 7.12. The predicted molar refractivity (Wildman–Crippen MR) is 73.3 cm³/mol. The van der Waals surface area contributed by atoms with E-state index in [1.165, 1.54) is 11.1 Å². The normalized spacial score (nSPS) is 10.8. The van der Waals surface area contributed by atoms with Crippen molar-refractivity contribution in [1.82, 2.24) is 15.5 Å². The van der Waals surface area contributed by atoms with E-state index >= 15 is 0 Å². The molecule has 1 aromatic carbocycles. The summed E-state index contributed by atoms with van der Waals surface area (Å²) in [6, 6.07) is 6.36. The van der Waals surface area contributed by atoms with Crippen LogP contribution in [0.25, 0.3) is 0 Å². The van der Waals surface area contributed by atoms with Crippen molar-refractivity contribution in [1.29, 1.82) is 0 Å². The largest absolute Gasteiger partial charge is 0.339 e. The lowest BCUT2D eigenvalue weighted by atomic mass is 10.1. The third kappa shape index (κ3) is 3.65. The summed E-state index contributed by atoms with van der Waals surface area (Å²) in [5.74, 6) is 1.38. The first-order valence-corrected chi connectivity index (χ1v) is 6.69. The van der Waals surface area contributed by atoms with Gasteiger partial charge < -0.3 is 9.84 Å². The molecule has 96 valence electrons. The summed E-state index contributed by atoms with van der Waals surface area (Å²) in [7, 11) is 0. The average Bonchev–Trinajstić information content (AvgIpc) is 2.75. The number of halogens is 1. The van der Waals surface area contributed by atoms with E-state index in [2.05, 4.69) is 56.5 Å². The molecule has 0 atom stereocenters. The molecule has 18 heavy (non-hydrogen) atoms. The number of hydrogen-bond donors (Lipinski definition) is 1. The van der Waals surface area contributed by atoms with Crippen molar-refractivity contribution >= 4 is 15.9 Å². The lowest BCUT2D eigenvalue weighted by molar-refractivity contribution is 0.372. The first-order chi connectivity index (χ1) is 8.65. The van der Waals surface area contributed by atoms with Crippen molar-refractivity contribution in [2.24, 2.45) is 0 Å². The number of hydrogen-bond acceptors (Lipinski definition) is 4. The third-order valence-electron chi connectivity index (χ3n) is 2.64. The minimum Gasteiger partial charge on any atom is -0.339 e. The van der Waals surface area contributed by atoms with Gasteiger partial charge in [0.1, 0.15) is 0 Å². The molecule has 2 rings (SSSR count). The van der Waals surface area contributed by atoms with Gasteiger partial charge in [0.05, 0.1) is 0 Å². The van der Waals surface area contributed by atoms with Crippen LogP contribution in [0, 0.1) is 13.8 Å². The van der Waals surface area contributed by atoms with Gasteiger partial charge in [0.2, 0.25) is 5.89 Å². The zero-order chi connectivity index (χ0) is 13.0. The quantitative estimate of drug-likeness (QED) is 0.863. The Kier molecular flexibility index (Phi) is 4.49. The van der Waals surface area contributed by atoms with Gasteiger partial charge in [-0.05, 0) is 31.0 Å². The van der Waals surface area contributed by atoms with Crippen LogP contribution >= 0.6 is 15.9 Å². The van der Waals surface area contributed by atoms with Crippen molar-refractivity contribution in [3.8, 4) is 0 Å². The molecule has 0 saturated carbocycles. The summed E-state index contributed by atoms with van der Waals surface area (Å²) in [6.07, 6.45) is 0.760. The maximum absolute atomic E-state index is 5.04. The molecule has 4 nitrogen and oxygen atoms in total. The molecule has 5 heteroatoms. The Labute approximate surface area is 115 Å². The van der Waals surface area contributed by atoms with Gasteiger partial charge in [0.25, 0.3) is 0 Å². The molecule has 0 radical (unpaired) electrons. The first kappa shape index (κ1) is 13.2. The molecule has 0 spiro atoms. The van der Waals surface area contributed by atoms with E-state index < -0.39 is 0 Å². The third-order valence-corrected chi connectivity index (χ3v) is 3.53. The van der Waals surface area contributed by atoms with Gasteiger partial charge in [-0.3, -0.25) is 0 Å². The van der Waals surface area contributed by atoms with E-state index in [9.17, 15) is 0 Å². The number of aryl methyl sites for hydroxylation is 2. The Bertz CT molecular complexity index is 525. The predicted octanol–water partition coefficient (Wildman–Crippen LogP) is 2.78. The summed E-state index contributed by atoms with van der Waals surface area (Å²) < 4.78 is 6.19. The molecule has 0 amide bonds. The van der Waals surface area contributed by atoms with Crippen molar-refractivity contribution in [2.45, 2.75) is 26.8 Å². The van der Waals surface area contributed by atoms with Crippen LogP contribution in [0.15, 0.2) is 27.2 Å².